The van der Waals surface area contributed by atoms with Crippen LogP contribution in [0.15, 0.2) is 70.2 Å². The van der Waals surface area contributed by atoms with E-state index in [1.807, 2.05) is 0 Å². The molecule has 1 atom stereocenters. The summed E-state index contributed by atoms with van der Waals surface area (Å²) in [6.45, 7) is 0.129. The predicted molar refractivity (Wildman–Crippen MR) is 105 cm³/mol. The third kappa shape index (κ3) is 4.39. The van der Waals surface area contributed by atoms with E-state index in [1.165, 1.54) is 11.2 Å². The average molecular weight is 393 g/mol. The van der Waals surface area contributed by atoms with Crippen molar-refractivity contribution in [2.45, 2.75) is 44.3 Å². The molecule has 1 aliphatic rings. The maximum atomic E-state index is 13.3. The number of aromatic nitrogens is 1. The van der Waals surface area contributed by atoms with Crippen LogP contribution in [-0.2, 0) is 11.3 Å². The van der Waals surface area contributed by atoms with Gasteiger partial charge in [-0.05, 0) is 43.2 Å². The third-order valence-electron chi connectivity index (χ3n) is 5.16. The van der Waals surface area contributed by atoms with Crippen molar-refractivity contribution in [2.24, 2.45) is 0 Å². The Labute approximate surface area is 168 Å². The third-order valence-corrected chi connectivity index (χ3v) is 5.16. The molecule has 0 bridgehead atoms. The fraction of sp³-hybridized carbons (Fsp3) is 0.318. The summed E-state index contributed by atoms with van der Waals surface area (Å²) in [7, 11) is 0. The molecule has 1 fully saturated rings. The van der Waals surface area contributed by atoms with Gasteiger partial charge in [0.25, 0.3) is 5.91 Å². The molecular weight excluding hydrogens is 370 g/mol. The Kier molecular flexibility index (Phi) is 5.74. The first kappa shape index (κ1) is 19.0. The Balaban J connectivity index is 1.70. The fourth-order valence-corrected chi connectivity index (χ4v) is 3.75. The van der Waals surface area contributed by atoms with Crippen LogP contribution >= 0.6 is 0 Å². The molecule has 2 amide bonds. The lowest BCUT2D eigenvalue weighted by Crippen LogP contribution is -2.45. The highest BCUT2D eigenvalue weighted by Gasteiger charge is 2.35. The van der Waals surface area contributed by atoms with Gasteiger partial charge in [-0.3, -0.25) is 14.6 Å². The van der Waals surface area contributed by atoms with Gasteiger partial charge in [-0.1, -0.05) is 18.9 Å². The zero-order chi connectivity index (χ0) is 20.1. The molecule has 3 aromatic rings. The van der Waals surface area contributed by atoms with Crippen molar-refractivity contribution in [3.8, 4) is 0 Å². The molecule has 0 saturated heterocycles. The number of carbonyl (C=O) groups excluding carboxylic acids is 2. The molecule has 7 nitrogen and oxygen atoms in total. The van der Waals surface area contributed by atoms with Crippen LogP contribution < -0.4 is 5.32 Å². The predicted octanol–water partition coefficient (Wildman–Crippen LogP) is 3.71. The van der Waals surface area contributed by atoms with Gasteiger partial charge in [-0.15, -0.1) is 0 Å². The van der Waals surface area contributed by atoms with Crippen molar-refractivity contribution in [1.82, 2.24) is 15.2 Å². The van der Waals surface area contributed by atoms with Gasteiger partial charge in [0, 0.05) is 24.0 Å². The summed E-state index contributed by atoms with van der Waals surface area (Å²) in [4.78, 5) is 32.3. The number of amides is 2. The molecule has 0 aliphatic heterocycles. The van der Waals surface area contributed by atoms with Gasteiger partial charge in [0.2, 0.25) is 5.91 Å². The second kappa shape index (κ2) is 8.77. The van der Waals surface area contributed by atoms with Crippen molar-refractivity contribution >= 4 is 11.8 Å². The minimum absolute atomic E-state index is 0.129. The minimum Gasteiger partial charge on any atom is -0.467 e. The molecule has 3 aromatic heterocycles. The van der Waals surface area contributed by atoms with E-state index in [9.17, 15) is 9.59 Å². The quantitative estimate of drug-likeness (QED) is 0.661. The van der Waals surface area contributed by atoms with Crippen molar-refractivity contribution in [2.75, 3.05) is 0 Å². The van der Waals surface area contributed by atoms with Crippen LogP contribution in [0.1, 0.15) is 53.6 Å². The van der Waals surface area contributed by atoms with Crippen molar-refractivity contribution < 1.29 is 18.4 Å². The van der Waals surface area contributed by atoms with Crippen LogP contribution in [0.2, 0.25) is 0 Å². The topological polar surface area (TPSA) is 88.6 Å². The summed E-state index contributed by atoms with van der Waals surface area (Å²) in [5.41, 5.74) is 0.634. The monoisotopic (exact) mass is 393 g/mol. The second-order valence-electron chi connectivity index (χ2n) is 7.17. The molecular formula is C22H23N3O4. The van der Waals surface area contributed by atoms with Gasteiger partial charge in [-0.2, -0.15) is 0 Å². The maximum Gasteiger partial charge on any atom is 0.290 e. The van der Waals surface area contributed by atoms with Crippen LogP contribution in [0.3, 0.4) is 0 Å². The Morgan fingerprint density at radius 2 is 1.90 bits per heavy atom. The van der Waals surface area contributed by atoms with Crippen LogP contribution in [0.5, 0.6) is 0 Å². The van der Waals surface area contributed by atoms with Crippen LogP contribution in [0.4, 0.5) is 0 Å². The summed E-state index contributed by atoms with van der Waals surface area (Å²) in [6, 6.07) is 9.60. The van der Waals surface area contributed by atoms with Crippen molar-refractivity contribution in [1.29, 1.82) is 0 Å². The summed E-state index contributed by atoms with van der Waals surface area (Å²) in [5.74, 6) is 0.129. The van der Waals surface area contributed by atoms with E-state index in [0.29, 0.717) is 11.3 Å². The standard InChI is InChI=1S/C22H23N3O4/c26-21(24-17-7-1-2-8-17)20(16-6-3-11-23-14-16)25(15-18-9-4-12-28-18)22(27)19-10-5-13-29-19/h3-6,9-14,17,20H,1-2,7-8,15H2,(H,24,26). The highest BCUT2D eigenvalue weighted by atomic mass is 16.3. The highest BCUT2D eigenvalue weighted by molar-refractivity contribution is 5.96. The summed E-state index contributed by atoms with van der Waals surface area (Å²) < 4.78 is 10.8. The molecule has 7 heteroatoms. The van der Waals surface area contributed by atoms with Gasteiger partial charge in [0.1, 0.15) is 11.8 Å². The minimum atomic E-state index is -0.855. The number of nitrogens with one attached hydrogen (secondary N) is 1. The number of carbonyl (C=O) groups is 2. The van der Waals surface area contributed by atoms with E-state index in [0.717, 1.165) is 25.7 Å². The smallest absolute Gasteiger partial charge is 0.290 e. The van der Waals surface area contributed by atoms with Gasteiger partial charge in [0.05, 0.1) is 19.1 Å². The zero-order valence-corrected chi connectivity index (χ0v) is 16.0. The zero-order valence-electron chi connectivity index (χ0n) is 16.0. The van der Waals surface area contributed by atoms with Crippen LogP contribution in [0.25, 0.3) is 0 Å². The Hall–Kier alpha value is -3.35. The molecule has 0 spiro atoms. The maximum absolute atomic E-state index is 13.3. The number of rotatable bonds is 7. The lowest BCUT2D eigenvalue weighted by molar-refractivity contribution is -0.126. The van der Waals surface area contributed by atoms with Gasteiger partial charge < -0.3 is 19.1 Å². The van der Waals surface area contributed by atoms with E-state index in [4.69, 9.17) is 8.83 Å². The molecule has 1 saturated carbocycles. The molecule has 4 rings (SSSR count). The van der Waals surface area contributed by atoms with Crippen LogP contribution in [0, 0.1) is 0 Å². The van der Waals surface area contributed by atoms with Crippen LogP contribution in [-0.4, -0.2) is 27.7 Å². The van der Waals surface area contributed by atoms with Gasteiger partial charge in [0.15, 0.2) is 5.76 Å². The highest BCUT2D eigenvalue weighted by Crippen LogP contribution is 2.27. The van der Waals surface area contributed by atoms with Crippen molar-refractivity contribution in [3.05, 3.63) is 78.4 Å². The molecule has 1 unspecified atom stereocenters. The molecule has 29 heavy (non-hydrogen) atoms. The Morgan fingerprint density at radius 3 is 2.55 bits per heavy atom. The summed E-state index contributed by atoms with van der Waals surface area (Å²) in [5, 5.41) is 3.12. The number of nitrogens with zero attached hydrogens (tertiary/aromatic N) is 2. The average Bonchev–Trinajstić information content (AvgIpc) is 3.51. The van der Waals surface area contributed by atoms with E-state index in [2.05, 4.69) is 10.3 Å². The summed E-state index contributed by atoms with van der Waals surface area (Å²) >= 11 is 0. The molecule has 0 aromatic carbocycles. The van der Waals surface area contributed by atoms with E-state index >= 15 is 0 Å². The first-order valence-electron chi connectivity index (χ1n) is 9.79. The number of pyridine rings is 1. The largest absolute Gasteiger partial charge is 0.467 e. The second-order valence-corrected chi connectivity index (χ2v) is 7.17. The first-order chi connectivity index (χ1) is 14.2. The summed E-state index contributed by atoms with van der Waals surface area (Å²) in [6.07, 6.45) is 10.3. The molecule has 1 N–H and O–H groups in total. The van der Waals surface area contributed by atoms with Gasteiger partial charge in [-0.25, -0.2) is 0 Å². The molecule has 1 aliphatic carbocycles. The molecule has 0 radical (unpaired) electrons. The first-order valence-corrected chi connectivity index (χ1v) is 9.79. The lowest BCUT2D eigenvalue weighted by Gasteiger charge is -2.30. The molecule has 150 valence electrons. The van der Waals surface area contributed by atoms with E-state index < -0.39 is 6.04 Å². The fourth-order valence-electron chi connectivity index (χ4n) is 3.75. The Morgan fingerprint density at radius 1 is 1.10 bits per heavy atom. The van der Waals surface area contributed by atoms with Crippen molar-refractivity contribution in [3.63, 3.8) is 0 Å². The number of hydrogen-bond acceptors (Lipinski definition) is 5. The van der Waals surface area contributed by atoms with Gasteiger partial charge >= 0.3 is 0 Å². The lowest BCUT2D eigenvalue weighted by atomic mass is 10.0. The normalized spacial score (nSPS) is 15.2. The number of hydrogen-bond donors (Lipinski definition) is 1. The Bertz CT molecular complexity index is 916. The van der Waals surface area contributed by atoms with E-state index in [-0.39, 0.29) is 30.2 Å². The molecule has 3 heterocycles. The number of furan rings is 2. The van der Waals surface area contributed by atoms with E-state index in [1.54, 1.807) is 55.1 Å². The SMILES string of the molecule is O=C(NC1CCCC1)C(c1cccnc1)N(Cc1ccco1)C(=O)c1ccco1.